The van der Waals surface area contributed by atoms with Crippen LogP contribution in [0.2, 0.25) is 0 Å². The number of furan rings is 1. The standard InChI is InChI=1S/C51H29F2N3O/c52-33-25-21-31(22-26-33)49-54-50(32-23-27-34(53)28-24-32)56-51(55-49)46-38-16-7-5-14-36(38)45(37-15-6-8-17-39(37)46)42-20-10-19-41-44-29-43(30-11-2-1-3-12-30)35-13-4-9-18-40(35)48(44)57-47(41)42/h1-29H. The number of benzene rings is 9. The molecule has 57 heavy (non-hydrogen) atoms. The van der Waals surface area contributed by atoms with Crippen molar-refractivity contribution in [3.05, 3.63) is 188 Å². The largest absolute Gasteiger partial charge is 0.455 e. The van der Waals surface area contributed by atoms with E-state index in [1.165, 1.54) is 24.3 Å². The van der Waals surface area contributed by atoms with Crippen molar-refractivity contribution in [3.8, 4) is 56.4 Å². The molecule has 0 bridgehead atoms. The Morgan fingerprint density at radius 2 is 0.772 bits per heavy atom. The van der Waals surface area contributed by atoms with Crippen LogP contribution in [0.4, 0.5) is 8.78 Å². The van der Waals surface area contributed by atoms with E-state index in [0.717, 1.165) is 82.1 Å². The zero-order valence-electron chi connectivity index (χ0n) is 30.2. The first-order chi connectivity index (χ1) is 28.1. The molecule has 11 aromatic rings. The summed E-state index contributed by atoms with van der Waals surface area (Å²) in [5.74, 6) is 0.494. The van der Waals surface area contributed by atoms with E-state index in [1.54, 1.807) is 24.3 Å². The smallest absolute Gasteiger partial charge is 0.165 e. The minimum absolute atomic E-state index is 0.358. The normalized spacial score (nSPS) is 11.7. The maximum atomic E-state index is 14.1. The molecule has 0 spiro atoms. The van der Waals surface area contributed by atoms with Crippen LogP contribution >= 0.6 is 0 Å². The number of nitrogens with zero attached hydrogens (tertiary/aromatic N) is 3. The molecule has 0 atom stereocenters. The molecule has 268 valence electrons. The molecule has 11 rings (SSSR count). The average molecular weight is 738 g/mol. The van der Waals surface area contributed by atoms with Gasteiger partial charge in [0.2, 0.25) is 0 Å². The van der Waals surface area contributed by atoms with Gasteiger partial charge in [0.15, 0.2) is 17.5 Å². The fraction of sp³-hybridized carbons (Fsp3) is 0. The third-order valence-electron chi connectivity index (χ3n) is 10.9. The number of rotatable bonds is 5. The summed E-state index contributed by atoms with van der Waals surface area (Å²) in [6, 6.07) is 56.4. The predicted octanol–water partition coefficient (Wildman–Crippen LogP) is 13.8. The Balaban J connectivity index is 1.20. The van der Waals surface area contributed by atoms with Crippen molar-refractivity contribution in [1.82, 2.24) is 15.0 Å². The minimum Gasteiger partial charge on any atom is -0.455 e. The SMILES string of the molecule is Fc1ccc(-c2nc(-c3ccc(F)cc3)nc(-c3c4ccccc4c(-c4cccc5c4oc4c6ccccc6c(-c6ccccc6)cc54)c4ccccc34)n2)cc1. The van der Waals surface area contributed by atoms with E-state index in [0.29, 0.717) is 28.6 Å². The van der Waals surface area contributed by atoms with Crippen LogP contribution in [0.25, 0.3) is 111 Å². The van der Waals surface area contributed by atoms with Gasteiger partial charge in [-0.3, -0.25) is 0 Å². The van der Waals surface area contributed by atoms with Gasteiger partial charge in [0, 0.05) is 44.0 Å². The molecule has 0 saturated heterocycles. The van der Waals surface area contributed by atoms with Crippen molar-refractivity contribution >= 4 is 54.3 Å². The van der Waals surface area contributed by atoms with Crippen LogP contribution in [0.15, 0.2) is 180 Å². The molecule has 9 aromatic carbocycles. The first-order valence-electron chi connectivity index (χ1n) is 18.7. The Bertz CT molecular complexity index is 3240. The highest BCUT2D eigenvalue weighted by Crippen LogP contribution is 2.47. The lowest BCUT2D eigenvalue weighted by Crippen LogP contribution is -2.02. The maximum Gasteiger partial charge on any atom is 0.165 e. The van der Waals surface area contributed by atoms with Gasteiger partial charge in [0.05, 0.1) is 0 Å². The number of hydrogen-bond donors (Lipinski definition) is 0. The highest BCUT2D eigenvalue weighted by molar-refractivity contribution is 6.25. The summed E-state index contributed by atoms with van der Waals surface area (Å²) < 4.78 is 35.2. The molecule has 2 aromatic heterocycles. The second kappa shape index (κ2) is 13.0. The number of fused-ring (bicyclic) bond motifs is 7. The maximum absolute atomic E-state index is 14.1. The molecular weight excluding hydrogens is 709 g/mol. The summed E-state index contributed by atoms with van der Waals surface area (Å²) in [6.07, 6.45) is 0. The van der Waals surface area contributed by atoms with Crippen molar-refractivity contribution in [2.24, 2.45) is 0 Å². The van der Waals surface area contributed by atoms with Crippen LogP contribution in [0, 0.1) is 11.6 Å². The molecule has 6 heteroatoms. The summed E-state index contributed by atoms with van der Waals surface area (Å²) in [4.78, 5) is 14.9. The quantitative estimate of drug-likeness (QED) is 0.165. The van der Waals surface area contributed by atoms with Gasteiger partial charge in [0.1, 0.15) is 22.8 Å². The number of para-hydroxylation sites is 1. The number of hydrogen-bond acceptors (Lipinski definition) is 4. The molecule has 0 fully saturated rings. The third-order valence-corrected chi connectivity index (χ3v) is 10.9. The summed E-state index contributed by atoms with van der Waals surface area (Å²) in [5.41, 5.74) is 8.07. The Labute approximate surface area is 325 Å². The van der Waals surface area contributed by atoms with E-state index in [2.05, 4.69) is 97.1 Å². The van der Waals surface area contributed by atoms with E-state index in [9.17, 15) is 8.78 Å². The van der Waals surface area contributed by atoms with E-state index >= 15 is 0 Å². The van der Waals surface area contributed by atoms with Gasteiger partial charge in [-0.2, -0.15) is 0 Å². The first kappa shape index (κ1) is 32.8. The fourth-order valence-corrected chi connectivity index (χ4v) is 8.28. The van der Waals surface area contributed by atoms with E-state index in [1.807, 2.05) is 30.3 Å². The van der Waals surface area contributed by atoms with Crippen molar-refractivity contribution in [2.75, 3.05) is 0 Å². The molecule has 0 aliphatic rings. The average Bonchev–Trinajstić information content (AvgIpc) is 3.65. The molecule has 2 heterocycles. The van der Waals surface area contributed by atoms with Crippen LogP contribution < -0.4 is 0 Å². The monoisotopic (exact) mass is 737 g/mol. The number of halogens is 2. The molecule has 0 unspecified atom stereocenters. The molecule has 0 saturated carbocycles. The van der Waals surface area contributed by atoms with E-state index in [-0.39, 0.29) is 11.6 Å². The molecule has 0 amide bonds. The van der Waals surface area contributed by atoms with Gasteiger partial charge in [-0.15, -0.1) is 0 Å². The van der Waals surface area contributed by atoms with Crippen LogP contribution in [0.1, 0.15) is 0 Å². The van der Waals surface area contributed by atoms with E-state index < -0.39 is 0 Å². The lowest BCUT2D eigenvalue weighted by atomic mass is 9.87. The molecule has 0 aliphatic carbocycles. The van der Waals surface area contributed by atoms with Crippen LogP contribution in [0.5, 0.6) is 0 Å². The molecule has 0 aliphatic heterocycles. The third kappa shape index (κ3) is 5.37. The number of aromatic nitrogens is 3. The van der Waals surface area contributed by atoms with Gasteiger partial charge >= 0.3 is 0 Å². The van der Waals surface area contributed by atoms with Crippen molar-refractivity contribution in [1.29, 1.82) is 0 Å². The van der Waals surface area contributed by atoms with Gasteiger partial charge in [-0.1, -0.05) is 121 Å². The van der Waals surface area contributed by atoms with Crippen molar-refractivity contribution < 1.29 is 13.2 Å². The van der Waals surface area contributed by atoms with Crippen LogP contribution in [-0.2, 0) is 0 Å². The van der Waals surface area contributed by atoms with Crippen LogP contribution in [-0.4, -0.2) is 15.0 Å². The topological polar surface area (TPSA) is 51.8 Å². The van der Waals surface area contributed by atoms with Crippen molar-refractivity contribution in [3.63, 3.8) is 0 Å². The molecule has 0 N–H and O–H groups in total. The summed E-state index contributed by atoms with van der Waals surface area (Å²) >= 11 is 0. The summed E-state index contributed by atoms with van der Waals surface area (Å²) in [5, 5.41) is 8.17. The molecule has 4 nitrogen and oxygen atoms in total. The Kier molecular flexibility index (Phi) is 7.51. The Morgan fingerprint density at radius 1 is 0.316 bits per heavy atom. The Morgan fingerprint density at radius 3 is 1.35 bits per heavy atom. The molecule has 0 radical (unpaired) electrons. The summed E-state index contributed by atoms with van der Waals surface area (Å²) in [6.45, 7) is 0. The van der Waals surface area contributed by atoms with E-state index in [4.69, 9.17) is 19.4 Å². The Hall–Kier alpha value is -7.57. The lowest BCUT2D eigenvalue weighted by Gasteiger charge is -2.17. The zero-order chi connectivity index (χ0) is 38.0. The lowest BCUT2D eigenvalue weighted by molar-refractivity contribution is 0.627. The van der Waals surface area contributed by atoms with Gasteiger partial charge in [0.25, 0.3) is 0 Å². The van der Waals surface area contributed by atoms with Crippen LogP contribution in [0.3, 0.4) is 0 Å². The summed E-state index contributed by atoms with van der Waals surface area (Å²) in [7, 11) is 0. The second-order valence-corrected chi connectivity index (χ2v) is 14.2. The minimum atomic E-state index is -0.358. The van der Waals surface area contributed by atoms with Gasteiger partial charge in [-0.25, -0.2) is 23.7 Å². The highest BCUT2D eigenvalue weighted by Gasteiger charge is 2.23. The zero-order valence-corrected chi connectivity index (χ0v) is 30.2. The highest BCUT2D eigenvalue weighted by atomic mass is 19.1. The van der Waals surface area contributed by atoms with Gasteiger partial charge < -0.3 is 4.42 Å². The molecular formula is C51H29F2N3O. The fourth-order valence-electron chi connectivity index (χ4n) is 8.28. The van der Waals surface area contributed by atoms with Crippen molar-refractivity contribution in [2.45, 2.75) is 0 Å². The van der Waals surface area contributed by atoms with Gasteiger partial charge in [-0.05, 0) is 92.7 Å². The predicted molar refractivity (Wildman–Crippen MR) is 227 cm³/mol. The second-order valence-electron chi connectivity index (χ2n) is 14.2. The first-order valence-corrected chi connectivity index (χ1v) is 18.7.